The molecule has 3 N–H and O–H groups in total. The van der Waals surface area contributed by atoms with Crippen molar-refractivity contribution in [3.63, 3.8) is 0 Å². The van der Waals surface area contributed by atoms with Crippen molar-refractivity contribution in [1.82, 2.24) is 9.78 Å². The Morgan fingerprint density at radius 1 is 1.56 bits per heavy atom. The molecule has 0 aliphatic heterocycles. The van der Waals surface area contributed by atoms with Crippen molar-refractivity contribution < 1.29 is 18.4 Å². The summed E-state index contributed by atoms with van der Waals surface area (Å²) in [6.45, 7) is 0.413. The maximum Gasteiger partial charge on any atom is 0.405 e. The minimum Gasteiger partial charge on any atom is -0.409 e. The molecule has 0 aliphatic rings. The average molecular weight is 265 g/mol. The summed E-state index contributed by atoms with van der Waals surface area (Å²) in [6, 6.07) is 0. The second-order valence-electron chi connectivity index (χ2n) is 3.86. The Balaban J connectivity index is 3.23. The molecule has 0 unspecified atom stereocenters. The highest BCUT2D eigenvalue weighted by atomic mass is 19.4. The molecule has 102 valence electrons. The van der Waals surface area contributed by atoms with Crippen molar-refractivity contribution >= 4 is 11.7 Å². The van der Waals surface area contributed by atoms with Gasteiger partial charge >= 0.3 is 6.18 Å². The zero-order valence-corrected chi connectivity index (χ0v) is 10.2. The summed E-state index contributed by atoms with van der Waals surface area (Å²) in [4.78, 5) is 0.952. The van der Waals surface area contributed by atoms with Crippen molar-refractivity contribution in [3.05, 3.63) is 11.3 Å². The Bertz CT molecular complexity index is 466. The van der Waals surface area contributed by atoms with Crippen LogP contribution in [0.5, 0.6) is 0 Å². The molecule has 1 aromatic heterocycles. The number of nitrogens with zero attached hydrogens (tertiary/aromatic N) is 4. The lowest BCUT2D eigenvalue weighted by Crippen LogP contribution is -2.33. The van der Waals surface area contributed by atoms with Crippen molar-refractivity contribution in [1.29, 1.82) is 0 Å². The molecule has 0 spiro atoms. The molecule has 0 saturated heterocycles. The van der Waals surface area contributed by atoms with Gasteiger partial charge in [-0.25, -0.2) is 0 Å². The largest absolute Gasteiger partial charge is 0.409 e. The molecule has 1 rings (SSSR count). The summed E-state index contributed by atoms with van der Waals surface area (Å²) < 4.78 is 38.3. The number of aryl methyl sites for hydroxylation is 2. The summed E-state index contributed by atoms with van der Waals surface area (Å²) >= 11 is 0. The Kier molecular flexibility index (Phi) is 3.73. The third-order valence-corrected chi connectivity index (χ3v) is 2.33. The number of halogens is 3. The van der Waals surface area contributed by atoms with Gasteiger partial charge in [-0.1, -0.05) is 5.16 Å². The van der Waals surface area contributed by atoms with Crippen LogP contribution in [0.2, 0.25) is 0 Å². The SMILES string of the molecule is Cc1nn(C)c(N(C)CC(F)(F)F)c1C(N)=NO. The predicted molar refractivity (Wildman–Crippen MR) is 59.8 cm³/mol. The fourth-order valence-electron chi connectivity index (χ4n) is 1.78. The molecule has 0 atom stereocenters. The van der Waals surface area contributed by atoms with Crippen LogP contribution in [-0.4, -0.2) is 40.6 Å². The van der Waals surface area contributed by atoms with Gasteiger partial charge in [-0.15, -0.1) is 0 Å². The van der Waals surface area contributed by atoms with Crippen LogP contribution in [0, 0.1) is 6.92 Å². The third-order valence-electron chi connectivity index (χ3n) is 2.33. The Labute approximate surface area is 101 Å². The molecule has 0 aromatic carbocycles. The number of nitrogens with two attached hydrogens (primary N) is 1. The van der Waals surface area contributed by atoms with Crippen LogP contribution in [0.15, 0.2) is 5.16 Å². The van der Waals surface area contributed by atoms with E-state index in [2.05, 4.69) is 10.3 Å². The fourth-order valence-corrected chi connectivity index (χ4v) is 1.78. The van der Waals surface area contributed by atoms with E-state index in [1.807, 2.05) is 0 Å². The fraction of sp³-hybridized carbons (Fsp3) is 0.556. The van der Waals surface area contributed by atoms with Crippen LogP contribution in [0.1, 0.15) is 11.3 Å². The van der Waals surface area contributed by atoms with Gasteiger partial charge in [-0.05, 0) is 6.92 Å². The molecule has 0 bridgehead atoms. The second-order valence-corrected chi connectivity index (χ2v) is 3.86. The van der Waals surface area contributed by atoms with Crippen LogP contribution in [0.25, 0.3) is 0 Å². The number of alkyl halides is 3. The Hall–Kier alpha value is -1.93. The van der Waals surface area contributed by atoms with E-state index < -0.39 is 12.7 Å². The molecular formula is C9H14F3N5O. The maximum atomic E-state index is 12.4. The molecule has 0 aliphatic carbocycles. The van der Waals surface area contributed by atoms with Crippen molar-refractivity contribution in [2.24, 2.45) is 17.9 Å². The number of hydrogen-bond donors (Lipinski definition) is 2. The normalized spacial score (nSPS) is 12.9. The van der Waals surface area contributed by atoms with E-state index in [0.717, 1.165) is 4.90 Å². The lowest BCUT2D eigenvalue weighted by molar-refractivity contribution is -0.119. The quantitative estimate of drug-likeness (QED) is 0.367. The van der Waals surface area contributed by atoms with Crippen molar-refractivity contribution in [3.8, 4) is 0 Å². The van der Waals surface area contributed by atoms with E-state index in [4.69, 9.17) is 10.9 Å². The molecule has 0 radical (unpaired) electrons. The molecule has 18 heavy (non-hydrogen) atoms. The highest BCUT2D eigenvalue weighted by molar-refractivity contribution is 6.02. The van der Waals surface area contributed by atoms with Gasteiger partial charge in [0.15, 0.2) is 5.84 Å². The number of anilines is 1. The van der Waals surface area contributed by atoms with Crippen LogP contribution < -0.4 is 10.6 Å². The number of aromatic nitrogens is 2. The summed E-state index contributed by atoms with van der Waals surface area (Å²) in [6.07, 6.45) is -4.35. The summed E-state index contributed by atoms with van der Waals surface area (Å²) in [5.41, 5.74) is 6.02. The number of amidine groups is 1. The highest BCUT2D eigenvalue weighted by Crippen LogP contribution is 2.25. The third kappa shape index (κ3) is 2.84. The molecule has 1 heterocycles. The van der Waals surface area contributed by atoms with Gasteiger partial charge in [0.05, 0.1) is 11.3 Å². The highest BCUT2D eigenvalue weighted by Gasteiger charge is 2.32. The summed E-state index contributed by atoms with van der Waals surface area (Å²) in [7, 11) is 2.75. The summed E-state index contributed by atoms with van der Waals surface area (Å²) in [5.74, 6) is -0.134. The van der Waals surface area contributed by atoms with E-state index in [-0.39, 0.29) is 17.2 Å². The van der Waals surface area contributed by atoms with Crippen LogP contribution in [-0.2, 0) is 7.05 Å². The van der Waals surface area contributed by atoms with Crippen molar-refractivity contribution in [2.45, 2.75) is 13.1 Å². The minimum absolute atomic E-state index is 0.139. The molecule has 0 amide bonds. The molecule has 0 fully saturated rings. The summed E-state index contributed by atoms with van der Waals surface area (Å²) in [5, 5.41) is 15.4. The van der Waals surface area contributed by atoms with Gasteiger partial charge in [-0.3, -0.25) is 4.68 Å². The van der Waals surface area contributed by atoms with E-state index >= 15 is 0 Å². The van der Waals surface area contributed by atoms with Crippen molar-refractivity contribution in [2.75, 3.05) is 18.5 Å². The van der Waals surface area contributed by atoms with E-state index in [9.17, 15) is 13.2 Å². The first kappa shape index (κ1) is 14.1. The first-order valence-corrected chi connectivity index (χ1v) is 4.96. The Morgan fingerprint density at radius 2 is 2.11 bits per heavy atom. The van der Waals surface area contributed by atoms with Crippen LogP contribution in [0.4, 0.5) is 19.0 Å². The Morgan fingerprint density at radius 3 is 2.56 bits per heavy atom. The first-order valence-electron chi connectivity index (χ1n) is 4.96. The van der Waals surface area contributed by atoms with Gasteiger partial charge in [0.1, 0.15) is 12.4 Å². The van der Waals surface area contributed by atoms with Gasteiger partial charge in [0, 0.05) is 14.1 Å². The van der Waals surface area contributed by atoms with Gasteiger partial charge in [0.2, 0.25) is 0 Å². The van der Waals surface area contributed by atoms with E-state index in [0.29, 0.717) is 5.69 Å². The van der Waals surface area contributed by atoms with E-state index in [1.165, 1.54) is 18.8 Å². The van der Waals surface area contributed by atoms with Gasteiger partial charge in [-0.2, -0.15) is 18.3 Å². The minimum atomic E-state index is -4.35. The zero-order chi connectivity index (χ0) is 14.1. The number of rotatable bonds is 3. The zero-order valence-electron chi connectivity index (χ0n) is 10.2. The molecule has 9 heteroatoms. The topological polar surface area (TPSA) is 79.7 Å². The standard InChI is InChI=1S/C9H14F3N5O/c1-5-6(7(13)15-18)8(17(3)14-5)16(2)4-9(10,11)12/h18H,4H2,1-3H3,(H2,13,15). The molecule has 1 aromatic rings. The lowest BCUT2D eigenvalue weighted by atomic mass is 10.2. The predicted octanol–water partition coefficient (Wildman–Crippen LogP) is 0.822. The monoisotopic (exact) mass is 265 g/mol. The second kappa shape index (κ2) is 4.75. The maximum absolute atomic E-state index is 12.4. The average Bonchev–Trinajstić information content (AvgIpc) is 2.49. The van der Waals surface area contributed by atoms with Gasteiger partial charge in [0.25, 0.3) is 0 Å². The smallest absolute Gasteiger partial charge is 0.405 e. The molecule has 0 saturated carbocycles. The van der Waals surface area contributed by atoms with E-state index in [1.54, 1.807) is 6.92 Å². The lowest BCUT2D eigenvalue weighted by Gasteiger charge is -2.22. The first-order chi connectivity index (χ1) is 8.17. The molecular weight excluding hydrogens is 251 g/mol. The number of oxime groups is 1. The van der Waals surface area contributed by atoms with Gasteiger partial charge < -0.3 is 15.8 Å². The van der Waals surface area contributed by atoms with Crippen LogP contribution >= 0.6 is 0 Å². The van der Waals surface area contributed by atoms with Crippen LogP contribution in [0.3, 0.4) is 0 Å². The number of hydrogen-bond acceptors (Lipinski definition) is 4. The molecule has 6 nitrogen and oxygen atoms in total.